The molecule has 2 rings (SSSR count). The third kappa shape index (κ3) is 2.05. The molecule has 4 nitrogen and oxygen atoms in total. The zero-order chi connectivity index (χ0) is 14.3. The molecular weight excluding hydrogens is 262 g/mol. The lowest BCUT2D eigenvalue weighted by molar-refractivity contribution is 0.242. The van der Waals surface area contributed by atoms with Crippen LogP contribution in [0.4, 0.5) is 0 Å². The van der Waals surface area contributed by atoms with Crippen LogP contribution in [-0.4, -0.2) is 31.1 Å². The van der Waals surface area contributed by atoms with Gasteiger partial charge >= 0.3 is 0 Å². The van der Waals surface area contributed by atoms with E-state index >= 15 is 0 Å². The first-order valence-corrected chi connectivity index (χ1v) is 7.94. The Morgan fingerprint density at radius 2 is 1.95 bits per heavy atom. The van der Waals surface area contributed by atoms with Gasteiger partial charge < -0.3 is 5.11 Å². The summed E-state index contributed by atoms with van der Waals surface area (Å²) in [5.41, 5.74) is 0.707. The van der Waals surface area contributed by atoms with Crippen molar-refractivity contribution in [1.29, 1.82) is 5.26 Å². The van der Waals surface area contributed by atoms with Crippen LogP contribution >= 0.6 is 0 Å². The van der Waals surface area contributed by atoms with E-state index in [9.17, 15) is 18.8 Å². The van der Waals surface area contributed by atoms with Crippen LogP contribution in [0.5, 0.6) is 0 Å². The summed E-state index contributed by atoms with van der Waals surface area (Å²) in [6, 6.07) is 9.49. The highest BCUT2D eigenvalue weighted by molar-refractivity contribution is 7.92. The molecule has 0 aliphatic heterocycles. The molecule has 1 N–H and O–H groups in total. The molecule has 0 saturated heterocycles. The van der Waals surface area contributed by atoms with E-state index in [1.54, 1.807) is 6.92 Å². The second kappa shape index (κ2) is 4.62. The van der Waals surface area contributed by atoms with Crippen molar-refractivity contribution in [3.8, 4) is 6.07 Å². The third-order valence-electron chi connectivity index (χ3n) is 3.95. The van der Waals surface area contributed by atoms with Crippen molar-refractivity contribution in [2.75, 3.05) is 12.4 Å². The van der Waals surface area contributed by atoms with Crippen LogP contribution in [0.3, 0.4) is 0 Å². The van der Waals surface area contributed by atoms with E-state index in [-0.39, 0.29) is 5.75 Å². The van der Waals surface area contributed by atoms with E-state index in [0.717, 1.165) is 11.1 Å². The summed E-state index contributed by atoms with van der Waals surface area (Å²) in [5, 5.41) is 18.0. The molecule has 3 atom stereocenters. The molecule has 0 spiro atoms. The summed E-state index contributed by atoms with van der Waals surface area (Å²) in [6.07, 6.45) is 0. The lowest BCUT2D eigenvalue weighted by Crippen LogP contribution is -2.19. The van der Waals surface area contributed by atoms with Crippen LogP contribution in [-0.2, 0) is 9.84 Å². The van der Waals surface area contributed by atoms with Crippen molar-refractivity contribution in [1.82, 2.24) is 0 Å². The number of nitriles is 1. The van der Waals surface area contributed by atoms with E-state index < -0.39 is 33.0 Å². The number of nitrogens with zero attached hydrogens (tertiary/aromatic N) is 1. The Morgan fingerprint density at radius 3 is 2.37 bits per heavy atom. The van der Waals surface area contributed by atoms with E-state index in [1.165, 1.54) is 0 Å². The van der Waals surface area contributed by atoms with Crippen LogP contribution in [0.15, 0.2) is 24.3 Å². The van der Waals surface area contributed by atoms with Crippen LogP contribution < -0.4 is 0 Å². The van der Waals surface area contributed by atoms with E-state index in [1.807, 2.05) is 37.3 Å². The fraction of sp³-hybridized carbons (Fsp3) is 0.500. The average molecular weight is 279 g/mol. The Morgan fingerprint density at radius 1 is 1.37 bits per heavy atom. The molecular formula is C14H17NO3S. The summed E-state index contributed by atoms with van der Waals surface area (Å²) in [5.74, 6) is -0.434. The number of aliphatic hydroxyl groups is 1. The number of aryl methyl sites for hydroxylation is 1. The van der Waals surface area contributed by atoms with Gasteiger partial charge in [-0.25, -0.2) is 8.42 Å². The topological polar surface area (TPSA) is 78.2 Å². The predicted octanol–water partition coefficient (Wildman–Crippen LogP) is 1.40. The number of benzene rings is 1. The summed E-state index contributed by atoms with van der Waals surface area (Å²) in [7, 11) is -3.35. The summed E-state index contributed by atoms with van der Waals surface area (Å²) >= 11 is 0. The molecule has 19 heavy (non-hydrogen) atoms. The third-order valence-corrected chi connectivity index (χ3v) is 6.22. The molecule has 1 aliphatic rings. The van der Waals surface area contributed by atoms with Crippen molar-refractivity contribution in [3.63, 3.8) is 0 Å². The number of aliphatic hydroxyl groups excluding tert-OH is 1. The molecule has 1 aromatic carbocycles. The van der Waals surface area contributed by atoms with Crippen LogP contribution in [0.25, 0.3) is 0 Å². The molecule has 0 unspecified atom stereocenters. The van der Waals surface area contributed by atoms with Crippen molar-refractivity contribution in [2.45, 2.75) is 25.0 Å². The minimum absolute atomic E-state index is 0.0105. The first-order valence-electron chi connectivity index (χ1n) is 6.23. The van der Waals surface area contributed by atoms with Gasteiger partial charge in [0.15, 0.2) is 9.84 Å². The molecule has 0 bridgehead atoms. The first-order chi connectivity index (χ1) is 8.93. The Balaban J connectivity index is 2.46. The van der Waals surface area contributed by atoms with Gasteiger partial charge in [0.05, 0.1) is 17.9 Å². The minimum Gasteiger partial charge on any atom is -0.395 e. The number of hydrogen-bond donors (Lipinski definition) is 1. The second-order valence-corrected chi connectivity index (χ2v) is 7.48. The molecule has 1 saturated carbocycles. The van der Waals surface area contributed by atoms with Gasteiger partial charge in [-0.05, 0) is 12.5 Å². The fourth-order valence-electron chi connectivity index (χ4n) is 2.71. The van der Waals surface area contributed by atoms with Gasteiger partial charge in [0.25, 0.3) is 0 Å². The van der Waals surface area contributed by atoms with Gasteiger partial charge in [0, 0.05) is 11.7 Å². The molecule has 5 heteroatoms. The van der Waals surface area contributed by atoms with Crippen LogP contribution in [0.1, 0.15) is 24.0 Å². The summed E-state index contributed by atoms with van der Waals surface area (Å²) in [4.78, 5) is 0. The zero-order valence-electron chi connectivity index (χ0n) is 11.0. The molecule has 102 valence electrons. The zero-order valence-corrected chi connectivity index (χ0v) is 11.8. The smallest absolute Gasteiger partial charge is 0.155 e. The number of rotatable bonds is 4. The highest BCUT2D eigenvalue weighted by atomic mass is 32.2. The Hall–Kier alpha value is -1.38. The van der Waals surface area contributed by atoms with Crippen molar-refractivity contribution in [2.24, 2.45) is 5.41 Å². The molecule has 1 aliphatic carbocycles. The molecule has 0 aromatic heterocycles. The summed E-state index contributed by atoms with van der Waals surface area (Å²) < 4.78 is 24.2. The minimum atomic E-state index is -3.35. The lowest BCUT2D eigenvalue weighted by atomic mass is 10.0. The standard InChI is InChI=1S/C14H17NO3S/c1-3-19(17,18)13-12(14(13,8-15)9-16)11-6-4-10(2)5-7-11/h4-7,12-13,16H,3,9H2,1-2H3/t12-,13+,14+/m0/s1. The fourth-order valence-corrected chi connectivity index (χ4v) is 4.72. The average Bonchev–Trinajstić information content (AvgIpc) is 3.10. The van der Waals surface area contributed by atoms with Gasteiger partial charge in [0.2, 0.25) is 0 Å². The van der Waals surface area contributed by atoms with Gasteiger partial charge in [-0.2, -0.15) is 5.26 Å². The summed E-state index contributed by atoms with van der Waals surface area (Å²) in [6.45, 7) is 3.09. The molecule has 0 heterocycles. The Kier molecular flexibility index (Phi) is 3.41. The van der Waals surface area contributed by atoms with Gasteiger partial charge in [-0.3, -0.25) is 0 Å². The van der Waals surface area contributed by atoms with Gasteiger partial charge in [0.1, 0.15) is 5.41 Å². The maximum absolute atomic E-state index is 12.1. The van der Waals surface area contributed by atoms with E-state index in [4.69, 9.17) is 0 Å². The van der Waals surface area contributed by atoms with Crippen molar-refractivity contribution in [3.05, 3.63) is 35.4 Å². The highest BCUT2D eigenvalue weighted by Crippen LogP contribution is 2.62. The van der Waals surface area contributed by atoms with Crippen molar-refractivity contribution >= 4 is 9.84 Å². The highest BCUT2D eigenvalue weighted by Gasteiger charge is 2.71. The lowest BCUT2D eigenvalue weighted by Gasteiger charge is -2.04. The van der Waals surface area contributed by atoms with E-state index in [0.29, 0.717) is 0 Å². The Labute approximate surface area is 113 Å². The van der Waals surface area contributed by atoms with Crippen molar-refractivity contribution < 1.29 is 13.5 Å². The SMILES string of the molecule is CCS(=O)(=O)[C@@H]1[C@H](c2ccc(C)cc2)[C@@]1(C#N)CO. The van der Waals surface area contributed by atoms with Gasteiger partial charge in [-0.15, -0.1) is 0 Å². The molecule has 0 radical (unpaired) electrons. The number of hydrogen-bond acceptors (Lipinski definition) is 4. The maximum atomic E-state index is 12.1. The van der Waals surface area contributed by atoms with Crippen LogP contribution in [0.2, 0.25) is 0 Å². The Bertz CT molecular complexity index is 615. The maximum Gasteiger partial charge on any atom is 0.155 e. The molecule has 0 amide bonds. The normalized spacial score (nSPS) is 29.8. The van der Waals surface area contributed by atoms with Crippen LogP contribution in [0, 0.1) is 23.7 Å². The monoisotopic (exact) mass is 279 g/mol. The molecule has 1 fully saturated rings. The predicted molar refractivity (Wildman–Crippen MR) is 72.3 cm³/mol. The van der Waals surface area contributed by atoms with E-state index in [2.05, 4.69) is 0 Å². The van der Waals surface area contributed by atoms with Gasteiger partial charge in [-0.1, -0.05) is 36.8 Å². The first kappa shape index (κ1) is 14.0. The quantitative estimate of drug-likeness (QED) is 0.903. The molecule has 1 aromatic rings. The number of sulfone groups is 1. The second-order valence-electron chi connectivity index (χ2n) is 5.07. The largest absolute Gasteiger partial charge is 0.395 e.